The average Bonchev–Trinajstić information content (AvgIpc) is 3.13. The lowest BCUT2D eigenvalue weighted by atomic mass is 9.89. The number of nitrogens with zero attached hydrogens (tertiary/aromatic N) is 2. The van der Waals surface area contributed by atoms with Crippen LogP contribution < -0.4 is 10.6 Å². The summed E-state index contributed by atoms with van der Waals surface area (Å²) >= 11 is 6.33. The fourth-order valence-corrected chi connectivity index (χ4v) is 6.18. The Balaban J connectivity index is 1.12. The van der Waals surface area contributed by atoms with Crippen molar-refractivity contribution in [2.45, 2.75) is 68.6 Å². The summed E-state index contributed by atoms with van der Waals surface area (Å²) in [7, 11) is 0. The molecule has 5 rings (SSSR count). The van der Waals surface area contributed by atoms with Crippen LogP contribution in [0.2, 0.25) is 0 Å². The van der Waals surface area contributed by atoms with E-state index < -0.39 is 0 Å². The van der Waals surface area contributed by atoms with E-state index in [1.165, 1.54) is 0 Å². The first-order valence-corrected chi connectivity index (χ1v) is 12.7. The van der Waals surface area contributed by atoms with Crippen LogP contribution in [0.3, 0.4) is 0 Å². The number of halogens is 1. The van der Waals surface area contributed by atoms with Gasteiger partial charge in [0.1, 0.15) is 0 Å². The zero-order valence-electron chi connectivity index (χ0n) is 19.2. The number of amides is 3. The van der Waals surface area contributed by atoms with Crippen LogP contribution in [-0.2, 0) is 0 Å². The Kier molecular flexibility index (Phi) is 6.48. The third-order valence-corrected chi connectivity index (χ3v) is 7.92. The number of benzene rings is 2. The van der Waals surface area contributed by atoms with Crippen molar-refractivity contribution in [2.75, 3.05) is 19.6 Å². The third-order valence-electron chi connectivity index (χ3n) is 7.52. The minimum atomic E-state index is -0.0298. The van der Waals surface area contributed by atoms with Crippen molar-refractivity contribution in [1.29, 1.82) is 0 Å². The molecule has 7 heteroatoms. The quantitative estimate of drug-likeness (QED) is 0.652. The van der Waals surface area contributed by atoms with E-state index in [4.69, 9.17) is 11.6 Å². The van der Waals surface area contributed by atoms with E-state index in [9.17, 15) is 9.59 Å². The summed E-state index contributed by atoms with van der Waals surface area (Å²) in [6, 6.07) is 14.9. The lowest BCUT2D eigenvalue weighted by molar-refractivity contribution is 0.0875. The molecule has 2 aromatic carbocycles. The largest absolute Gasteiger partial charge is 0.348 e. The van der Waals surface area contributed by atoms with Crippen molar-refractivity contribution in [3.8, 4) is 0 Å². The molecule has 0 radical (unpaired) electrons. The first-order chi connectivity index (χ1) is 16.0. The summed E-state index contributed by atoms with van der Waals surface area (Å²) < 4.78 is 0. The molecule has 2 aromatic rings. The predicted molar refractivity (Wildman–Crippen MR) is 132 cm³/mol. The number of piperidine rings is 1. The highest BCUT2D eigenvalue weighted by molar-refractivity contribution is 6.20. The Morgan fingerprint density at radius 1 is 1.12 bits per heavy atom. The first-order valence-electron chi connectivity index (χ1n) is 12.2. The summed E-state index contributed by atoms with van der Waals surface area (Å²) in [6.45, 7) is 4.77. The topological polar surface area (TPSA) is 64.7 Å². The van der Waals surface area contributed by atoms with Crippen LogP contribution in [0.15, 0.2) is 42.5 Å². The van der Waals surface area contributed by atoms with Gasteiger partial charge in [-0.2, -0.15) is 0 Å². The van der Waals surface area contributed by atoms with Gasteiger partial charge >= 0.3 is 6.03 Å². The Bertz CT molecular complexity index is 1020. The summed E-state index contributed by atoms with van der Waals surface area (Å²) in [5.41, 5.74) is 0.695. The van der Waals surface area contributed by atoms with Gasteiger partial charge in [-0.15, -0.1) is 11.6 Å². The number of alkyl halides is 1. The van der Waals surface area contributed by atoms with Crippen LogP contribution in [0.4, 0.5) is 4.79 Å². The second-order valence-electron chi connectivity index (χ2n) is 9.91. The molecule has 3 aliphatic rings. The normalized spacial score (nSPS) is 27.3. The fraction of sp³-hybridized carbons (Fsp3) is 0.538. The molecular formula is C26H33ClN4O2. The van der Waals surface area contributed by atoms with Crippen LogP contribution in [0.5, 0.6) is 0 Å². The van der Waals surface area contributed by atoms with Gasteiger partial charge < -0.3 is 20.4 Å². The molecule has 3 fully saturated rings. The second-order valence-corrected chi connectivity index (χ2v) is 10.5. The minimum absolute atomic E-state index is 0.0298. The van der Waals surface area contributed by atoms with Crippen LogP contribution in [0.1, 0.15) is 49.4 Å². The van der Waals surface area contributed by atoms with E-state index in [0.717, 1.165) is 62.5 Å². The van der Waals surface area contributed by atoms with Crippen molar-refractivity contribution < 1.29 is 9.59 Å². The molecule has 2 N–H and O–H groups in total. The van der Waals surface area contributed by atoms with Crippen molar-refractivity contribution >= 4 is 34.3 Å². The maximum atomic E-state index is 12.8. The molecule has 2 heterocycles. The smallest absolute Gasteiger partial charge is 0.318 e. The molecule has 0 spiro atoms. The van der Waals surface area contributed by atoms with Gasteiger partial charge in [-0.25, -0.2) is 4.79 Å². The third kappa shape index (κ3) is 4.82. The number of carbonyl (C=O) groups excluding carboxylic acids is 2. The molecule has 33 heavy (non-hydrogen) atoms. The molecule has 6 nitrogen and oxygen atoms in total. The van der Waals surface area contributed by atoms with Crippen LogP contribution in [0.25, 0.3) is 10.8 Å². The Morgan fingerprint density at radius 2 is 1.88 bits per heavy atom. The van der Waals surface area contributed by atoms with Gasteiger partial charge in [0.2, 0.25) is 0 Å². The van der Waals surface area contributed by atoms with E-state index in [-0.39, 0.29) is 29.4 Å². The first kappa shape index (κ1) is 22.5. The number of nitrogens with one attached hydrogen (secondary N) is 2. The molecule has 176 valence electrons. The van der Waals surface area contributed by atoms with Gasteiger partial charge in [-0.3, -0.25) is 4.79 Å². The molecule has 1 saturated carbocycles. The average molecular weight is 469 g/mol. The SMILES string of the molecule is C[C@@H](CN1CCC(N2C(=O)NC3CC(Cl)CCC32)CC1)NC(=O)c1ccc2ccccc2c1. The van der Waals surface area contributed by atoms with Crippen LogP contribution in [-0.4, -0.2) is 70.9 Å². The lowest BCUT2D eigenvalue weighted by Crippen LogP contribution is -2.52. The highest BCUT2D eigenvalue weighted by Crippen LogP contribution is 2.34. The van der Waals surface area contributed by atoms with E-state index in [1.54, 1.807) is 0 Å². The summed E-state index contributed by atoms with van der Waals surface area (Å²) in [4.78, 5) is 30.0. The van der Waals surface area contributed by atoms with Crippen molar-refractivity contribution in [3.63, 3.8) is 0 Å². The number of carbonyl (C=O) groups is 2. The van der Waals surface area contributed by atoms with Crippen LogP contribution >= 0.6 is 11.6 Å². The zero-order valence-corrected chi connectivity index (χ0v) is 19.9. The molecular weight excluding hydrogens is 436 g/mol. The van der Waals surface area contributed by atoms with Crippen molar-refractivity contribution in [1.82, 2.24) is 20.4 Å². The van der Waals surface area contributed by atoms with E-state index in [0.29, 0.717) is 17.6 Å². The fourth-order valence-electron chi connectivity index (χ4n) is 5.86. The molecule has 2 aliphatic heterocycles. The van der Waals surface area contributed by atoms with E-state index in [1.807, 2.05) is 36.4 Å². The van der Waals surface area contributed by atoms with Gasteiger partial charge in [0.05, 0.1) is 12.1 Å². The molecule has 0 aromatic heterocycles. The number of rotatable bonds is 5. The Labute approximate surface area is 200 Å². The van der Waals surface area contributed by atoms with Gasteiger partial charge in [-0.05, 0) is 61.9 Å². The summed E-state index contributed by atoms with van der Waals surface area (Å²) in [5.74, 6) is -0.0298. The maximum absolute atomic E-state index is 12.8. The molecule has 2 saturated heterocycles. The van der Waals surface area contributed by atoms with Crippen molar-refractivity contribution in [2.24, 2.45) is 0 Å². The van der Waals surface area contributed by atoms with E-state index in [2.05, 4.69) is 33.4 Å². The van der Waals surface area contributed by atoms with Crippen molar-refractivity contribution in [3.05, 3.63) is 48.0 Å². The lowest BCUT2D eigenvalue weighted by Gasteiger charge is -2.41. The molecule has 4 atom stereocenters. The molecule has 0 bridgehead atoms. The molecule has 1 aliphatic carbocycles. The zero-order chi connectivity index (χ0) is 22.9. The molecule has 3 unspecified atom stereocenters. The Hall–Kier alpha value is -2.31. The summed E-state index contributed by atoms with van der Waals surface area (Å²) in [6.07, 6.45) is 4.82. The van der Waals surface area contributed by atoms with Crippen LogP contribution in [0, 0.1) is 0 Å². The van der Waals surface area contributed by atoms with Gasteiger partial charge in [-0.1, -0.05) is 30.3 Å². The molecule has 3 amide bonds. The second kappa shape index (κ2) is 9.51. The standard InChI is InChI=1S/C26H33ClN4O2/c1-17(28-25(32)20-7-6-18-4-2-3-5-19(18)14-20)16-30-12-10-22(11-13-30)31-24-9-8-21(27)15-23(24)29-26(31)33/h2-7,14,17,21-24H,8-13,15-16H2,1H3,(H,28,32)(H,29,33)/t17-,21?,23?,24?/m0/s1. The number of hydrogen-bond acceptors (Lipinski definition) is 3. The highest BCUT2D eigenvalue weighted by atomic mass is 35.5. The number of hydrogen-bond donors (Lipinski definition) is 2. The highest BCUT2D eigenvalue weighted by Gasteiger charge is 2.45. The van der Waals surface area contributed by atoms with E-state index >= 15 is 0 Å². The monoisotopic (exact) mass is 468 g/mol. The summed E-state index contributed by atoms with van der Waals surface area (Å²) in [5, 5.41) is 8.72. The van der Waals surface area contributed by atoms with Gasteiger partial charge in [0.25, 0.3) is 5.91 Å². The maximum Gasteiger partial charge on any atom is 0.318 e. The number of urea groups is 1. The Morgan fingerprint density at radius 3 is 2.67 bits per heavy atom. The predicted octanol–water partition coefficient (Wildman–Crippen LogP) is 3.98. The van der Waals surface area contributed by atoms with Gasteiger partial charge in [0.15, 0.2) is 0 Å². The number of fused-ring (bicyclic) bond motifs is 2. The van der Waals surface area contributed by atoms with Gasteiger partial charge in [0, 0.05) is 42.7 Å². The number of likely N-dealkylation sites (tertiary alicyclic amines) is 1. The minimum Gasteiger partial charge on any atom is -0.348 e.